The number of alkyl halides is 2. The van der Waals surface area contributed by atoms with Crippen LogP contribution in [0.1, 0.15) is 48.8 Å². The van der Waals surface area contributed by atoms with E-state index in [0.717, 1.165) is 55.3 Å². The highest BCUT2D eigenvalue weighted by Gasteiger charge is 2.29. The maximum atomic E-state index is 14.2. The molecule has 0 saturated carbocycles. The zero-order chi connectivity index (χ0) is 26.4. The lowest BCUT2D eigenvalue weighted by molar-refractivity contribution is -0.135. The van der Waals surface area contributed by atoms with E-state index in [2.05, 4.69) is 15.6 Å². The minimum atomic E-state index is -2.79. The molecule has 0 radical (unpaired) electrons. The summed E-state index contributed by atoms with van der Waals surface area (Å²) in [4.78, 5) is 16.4. The van der Waals surface area contributed by atoms with Gasteiger partial charge in [0.25, 0.3) is 6.43 Å². The molecule has 3 heterocycles. The number of aliphatic carboxylic acids is 1. The van der Waals surface area contributed by atoms with Crippen molar-refractivity contribution in [2.75, 3.05) is 44.3 Å². The number of aryl methyl sites for hydroxylation is 1. The highest BCUT2D eigenvalue weighted by molar-refractivity contribution is 6.12. The first-order valence-corrected chi connectivity index (χ1v) is 12.6. The van der Waals surface area contributed by atoms with Crippen molar-refractivity contribution < 1.29 is 23.4 Å². The number of rotatable bonds is 8. The number of nitrogens with two attached hydrogens (primary N) is 1. The molecule has 0 atom stereocenters. The molecule has 0 amide bonds. The zero-order valence-electron chi connectivity index (χ0n) is 20.7. The van der Waals surface area contributed by atoms with Crippen molar-refractivity contribution in [1.29, 1.82) is 5.41 Å². The predicted molar refractivity (Wildman–Crippen MR) is 139 cm³/mol. The Hall–Kier alpha value is -3.31. The van der Waals surface area contributed by atoms with Crippen molar-refractivity contribution >= 4 is 29.3 Å². The molecule has 200 valence electrons. The maximum absolute atomic E-state index is 14.2. The van der Waals surface area contributed by atoms with E-state index in [9.17, 15) is 13.6 Å². The van der Waals surface area contributed by atoms with Gasteiger partial charge in [-0.05, 0) is 48.9 Å². The molecule has 1 aromatic carbocycles. The number of ether oxygens (including phenoxy) is 1. The lowest BCUT2D eigenvalue weighted by Crippen LogP contribution is -2.44. The molecule has 0 aromatic heterocycles. The summed E-state index contributed by atoms with van der Waals surface area (Å²) >= 11 is 0. The zero-order valence-corrected chi connectivity index (χ0v) is 20.7. The molecule has 37 heavy (non-hydrogen) atoms. The van der Waals surface area contributed by atoms with Gasteiger partial charge in [0, 0.05) is 85.8 Å². The van der Waals surface area contributed by atoms with Gasteiger partial charge in [0.2, 0.25) is 0 Å². The molecule has 0 unspecified atom stereocenters. The van der Waals surface area contributed by atoms with Gasteiger partial charge < -0.3 is 31.1 Å². The van der Waals surface area contributed by atoms with Gasteiger partial charge >= 0.3 is 5.97 Å². The number of amidine groups is 1. The summed E-state index contributed by atoms with van der Waals surface area (Å²) in [5.41, 5.74) is 9.27. The van der Waals surface area contributed by atoms with Gasteiger partial charge in [-0.3, -0.25) is 15.2 Å². The SMILES string of the molecule is N=C(C1=C(NC2CCOCC2)CCNC1)N1CCCc2cc(C(C=NCC(=O)O)=CN)c(C(F)F)cc21. The molecule has 4 rings (SSSR count). The average Bonchev–Trinajstić information content (AvgIpc) is 2.90. The summed E-state index contributed by atoms with van der Waals surface area (Å²) < 4.78 is 33.9. The van der Waals surface area contributed by atoms with Crippen LogP contribution < -0.4 is 21.3 Å². The highest BCUT2D eigenvalue weighted by Crippen LogP contribution is 2.37. The van der Waals surface area contributed by atoms with Crippen LogP contribution in [0.15, 0.2) is 34.6 Å². The number of halogens is 2. The van der Waals surface area contributed by atoms with Crippen molar-refractivity contribution in [3.05, 3.63) is 46.3 Å². The molecule has 3 aliphatic heterocycles. The lowest BCUT2D eigenvalue weighted by Gasteiger charge is -2.36. The smallest absolute Gasteiger partial charge is 0.325 e. The third kappa shape index (κ3) is 6.34. The van der Waals surface area contributed by atoms with Gasteiger partial charge in [-0.25, -0.2) is 8.78 Å². The largest absolute Gasteiger partial charge is 0.480 e. The fourth-order valence-electron chi connectivity index (χ4n) is 5.06. The normalized spacial score (nSPS) is 19.4. The first-order valence-electron chi connectivity index (χ1n) is 12.6. The summed E-state index contributed by atoms with van der Waals surface area (Å²) in [6, 6.07) is 3.42. The minimum absolute atomic E-state index is 0.221. The van der Waals surface area contributed by atoms with Gasteiger partial charge in [0.05, 0.1) is 0 Å². The molecule has 1 saturated heterocycles. The van der Waals surface area contributed by atoms with Crippen LogP contribution in [-0.2, 0) is 16.0 Å². The van der Waals surface area contributed by atoms with Crippen molar-refractivity contribution in [1.82, 2.24) is 10.6 Å². The Kier molecular flexibility index (Phi) is 8.88. The number of aliphatic imine (C=N–C) groups is 1. The van der Waals surface area contributed by atoms with Gasteiger partial charge in [0.15, 0.2) is 0 Å². The average molecular weight is 517 g/mol. The monoisotopic (exact) mass is 516 g/mol. The number of carbonyl (C=O) groups is 1. The van der Waals surface area contributed by atoms with Crippen LogP contribution >= 0.6 is 0 Å². The standard InChI is InChI=1S/C26H34F2N6O3/c27-25(28)20-11-23-16(10-19(20)17(12-29)13-32-15-24(35)36)2-1-7-34(23)26(30)21-14-31-6-3-22(21)33-18-4-8-37-9-5-18/h10-13,18,25,30-31,33H,1-9,14-15,29H2,(H,35,36). The third-order valence-electron chi connectivity index (χ3n) is 6.93. The van der Waals surface area contributed by atoms with Crippen LogP contribution in [0.2, 0.25) is 0 Å². The van der Waals surface area contributed by atoms with E-state index < -0.39 is 18.9 Å². The summed E-state index contributed by atoms with van der Waals surface area (Å²) in [7, 11) is 0. The molecule has 11 heteroatoms. The Labute approximate surface area is 215 Å². The maximum Gasteiger partial charge on any atom is 0.325 e. The van der Waals surface area contributed by atoms with Gasteiger partial charge in [-0.2, -0.15) is 0 Å². The van der Waals surface area contributed by atoms with E-state index >= 15 is 0 Å². The fraction of sp³-hybridized carbons (Fsp3) is 0.500. The molecule has 0 bridgehead atoms. The Morgan fingerprint density at radius 1 is 1.35 bits per heavy atom. The van der Waals surface area contributed by atoms with Crippen molar-refractivity contribution in [2.45, 2.75) is 44.6 Å². The van der Waals surface area contributed by atoms with Gasteiger partial charge in [-0.1, -0.05) is 0 Å². The van der Waals surface area contributed by atoms with Crippen LogP contribution in [-0.4, -0.2) is 68.6 Å². The first kappa shape index (κ1) is 26.7. The van der Waals surface area contributed by atoms with Crippen molar-refractivity contribution in [2.24, 2.45) is 10.7 Å². The topological polar surface area (TPSA) is 136 Å². The molecule has 6 N–H and O–H groups in total. The number of hydrogen-bond donors (Lipinski definition) is 5. The molecule has 0 spiro atoms. The number of anilines is 1. The predicted octanol–water partition coefficient (Wildman–Crippen LogP) is 2.83. The van der Waals surface area contributed by atoms with E-state index in [0.29, 0.717) is 50.3 Å². The number of fused-ring (bicyclic) bond motifs is 1. The number of nitrogens with zero attached hydrogens (tertiary/aromatic N) is 2. The van der Waals surface area contributed by atoms with Crippen molar-refractivity contribution in [3.63, 3.8) is 0 Å². The number of allylic oxidation sites excluding steroid dienone is 1. The number of carboxylic acid groups (broad SMARTS) is 1. The lowest BCUT2D eigenvalue weighted by atomic mass is 9.91. The summed E-state index contributed by atoms with van der Waals surface area (Å²) in [6.07, 6.45) is 3.63. The Balaban J connectivity index is 1.67. The van der Waals surface area contributed by atoms with Crippen LogP contribution in [0.4, 0.5) is 14.5 Å². The number of nitrogens with one attached hydrogen (secondary N) is 3. The Bertz CT molecular complexity index is 1110. The number of carboxylic acids is 1. The molecule has 0 aliphatic carbocycles. The number of hydrogen-bond acceptors (Lipinski definition) is 7. The van der Waals surface area contributed by atoms with E-state index in [4.69, 9.17) is 21.0 Å². The second-order valence-corrected chi connectivity index (χ2v) is 9.37. The summed E-state index contributed by atoms with van der Waals surface area (Å²) in [6.45, 7) is 2.86. The highest BCUT2D eigenvalue weighted by atomic mass is 19.3. The van der Waals surface area contributed by atoms with E-state index in [1.807, 2.05) is 4.90 Å². The summed E-state index contributed by atoms with van der Waals surface area (Å²) in [5, 5.41) is 24.9. The summed E-state index contributed by atoms with van der Waals surface area (Å²) in [5.74, 6) is -0.813. The van der Waals surface area contributed by atoms with Crippen LogP contribution in [0.25, 0.3) is 5.57 Å². The molecular formula is C26H34F2N6O3. The Morgan fingerprint density at radius 3 is 2.84 bits per heavy atom. The van der Waals surface area contributed by atoms with Crippen LogP contribution in [0.3, 0.4) is 0 Å². The van der Waals surface area contributed by atoms with Crippen LogP contribution in [0, 0.1) is 5.41 Å². The second kappa shape index (κ2) is 12.3. The molecule has 1 aromatic rings. The second-order valence-electron chi connectivity index (χ2n) is 9.37. The quantitative estimate of drug-likeness (QED) is 0.265. The fourth-order valence-corrected chi connectivity index (χ4v) is 5.06. The molecule has 9 nitrogen and oxygen atoms in total. The molecule has 1 fully saturated rings. The van der Waals surface area contributed by atoms with Crippen LogP contribution in [0.5, 0.6) is 0 Å². The third-order valence-corrected chi connectivity index (χ3v) is 6.93. The van der Waals surface area contributed by atoms with Crippen molar-refractivity contribution in [3.8, 4) is 0 Å². The Morgan fingerprint density at radius 2 is 2.14 bits per heavy atom. The van der Waals surface area contributed by atoms with E-state index in [1.54, 1.807) is 6.07 Å². The van der Waals surface area contributed by atoms with Gasteiger partial charge in [-0.15, -0.1) is 0 Å². The first-order chi connectivity index (χ1) is 17.9. The van der Waals surface area contributed by atoms with Gasteiger partial charge in [0.1, 0.15) is 12.4 Å². The van der Waals surface area contributed by atoms with E-state index in [-0.39, 0.29) is 16.7 Å². The molecular weight excluding hydrogens is 482 g/mol. The van der Waals surface area contributed by atoms with E-state index in [1.165, 1.54) is 12.3 Å². The number of benzene rings is 1. The minimum Gasteiger partial charge on any atom is -0.480 e. The molecule has 3 aliphatic rings.